The lowest BCUT2D eigenvalue weighted by atomic mass is 10.1. The summed E-state index contributed by atoms with van der Waals surface area (Å²) in [4.78, 5) is 10.3. The highest BCUT2D eigenvalue weighted by Gasteiger charge is 1.92. The second kappa shape index (κ2) is 4.74. The Morgan fingerprint density at radius 1 is 1.40 bits per heavy atom. The fourth-order valence-electron chi connectivity index (χ4n) is 0.627. The van der Waals surface area contributed by atoms with Crippen molar-refractivity contribution >= 4 is 6.29 Å². The fraction of sp³-hybridized carbons (Fsp3) is 0.222. The Kier molecular flexibility index (Phi) is 4.21. The SMILES string of the molecule is C=C(C=CC)/C(C=O)=C/C. The molecule has 0 fully saturated rings. The van der Waals surface area contributed by atoms with Crippen molar-refractivity contribution in [3.8, 4) is 0 Å². The van der Waals surface area contributed by atoms with E-state index in [2.05, 4.69) is 6.58 Å². The predicted molar refractivity (Wildman–Crippen MR) is 43.8 cm³/mol. The standard InChI is InChI=1S/C9H12O/c1-4-6-8(3)9(5-2)7-10/h4-7H,3H2,1-2H3/b6-4?,9-5+. The van der Waals surface area contributed by atoms with Crippen molar-refractivity contribution in [2.75, 3.05) is 0 Å². The normalized spacial score (nSPS) is 12.0. The van der Waals surface area contributed by atoms with Crippen molar-refractivity contribution < 1.29 is 4.79 Å². The molecule has 0 aromatic rings. The molecule has 1 heteroatoms. The van der Waals surface area contributed by atoms with E-state index in [9.17, 15) is 4.79 Å². The van der Waals surface area contributed by atoms with Crippen molar-refractivity contribution in [2.45, 2.75) is 13.8 Å². The molecule has 0 heterocycles. The number of rotatable bonds is 3. The first kappa shape index (κ1) is 8.89. The maximum atomic E-state index is 10.3. The number of hydrogen-bond donors (Lipinski definition) is 0. The molecule has 0 saturated carbocycles. The summed E-state index contributed by atoms with van der Waals surface area (Å²) < 4.78 is 0. The van der Waals surface area contributed by atoms with Crippen LogP contribution in [0.5, 0.6) is 0 Å². The van der Waals surface area contributed by atoms with Crippen molar-refractivity contribution in [1.82, 2.24) is 0 Å². The largest absolute Gasteiger partial charge is 0.298 e. The fourth-order valence-corrected chi connectivity index (χ4v) is 0.627. The van der Waals surface area contributed by atoms with Crippen LogP contribution in [0.4, 0.5) is 0 Å². The van der Waals surface area contributed by atoms with Gasteiger partial charge >= 0.3 is 0 Å². The third-order valence-electron chi connectivity index (χ3n) is 1.18. The van der Waals surface area contributed by atoms with Crippen LogP contribution >= 0.6 is 0 Å². The van der Waals surface area contributed by atoms with E-state index in [1.54, 1.807) is 6.08 Å². The quantitative estimate of drug-likeness (QED) is 0.330. The van der Waals surface area contributed by atoms with Gasteiger partial charge in [0.15, 0.2) is 0 Å². The Morgan fingerprint density at radius 2 is 2.00 bits per heavy atom. The molecule has 0 radical (unpaired) electrons. The van der Waals surface area contributed by atoms with Crippen LogP contribution in [0.25, 0.3) is 0 Å². The van der Waals surface area contributed by atoms with Crippen LogP contribution in [0.15, 0.2) is 36.0 Å². The van der Waals surface area contributed by atoms with E-state index in [1.807, 2.05) is 26.0 Å². The molecule has 0 aromatic carbocycles. The van der Waals surface area contributed by atoms with Crippen molar-refractivity contribution in [1.29, 1.82) is 0 Å². The zero-order chi connectivity index (χ0) is 7.98. The lowest BCUT2D eigenvalue weighted by Gasteiger charge is -1.94. The molecule has 54 valence electrons. The third-order valence-corrected chi connectivity index (χ3v) is 1.18. The van der Waals surface area contributed by atoms with Crippen LogP contribution in [-0.2, 0) is 4.79 Å². The van der Waals surface area contributed by atoms with Gasteiger partial charge in [-0.2, -0.15) is 0 Å². The maximum Gasteiger partial charge on any atom is 0.150 e. The summed E-state index contributed by atoms with van der Waals surface area (Å²) in [5.41, 5.74) is 1.41. The molecule has 0 aliphatic rings. The van der Waals surface area contributed by atoms with E-state index in [-0.39, 0.29) is 0 Å². The van der Waals surface area contributed by atoms with Crippen LogP contribution in [0.1, 0.15) is 13.8 Å². The van der Waals surface area contributed by atoms with Gasteiger partial charge in [-0.3, -0.25) is 4.79 Å². The van der Waals surface area contributed by atoms with Gasteiger partial charge in [-0.05, 0) is 19.4 Å². The Hall–Kier alpha value is -1.11. The molecule has 0 aromatic heterocycles. The smallest absolute Gasteiger partial charge is 0.150 e. The molecule has 0 saturated heterocycles. The van der Waals surface area contributed by atoms with Gasteiger partial charge in [0.2, 0.25) is 0 Å². The van der Waals surface area contributed by atoms with Gasteiger partial charge in [0.05, 0.1) is 0 Å². The molecule has 0 bridgehead atoms. The van der Waals surface area contributed by atoms with Crippen molar-refractivity contribution in [3.05, 3.63) is 36.0 Å². The summed E-state index contributed by atoms with van der Waals surface area (Å²) in [6, 6.07) is 0. The van der Waals surface area contributed by atoms with Gasteiger partial charge in [-0.15, -0.1) is 0 Å². The molecule has 0 aliphatic carbocycles. The lowest BCUT2D eigenvalue weighted by molar-refractivity contribution is -0.104. The van der Waals surface area contributed by atoms with E-state index in [0.717, 1.165) is 11.9 Å². The minimum atomic E-state index is 0.651. The van der Waals surface area contributed by atoms with Gasteiger partial charge in [0.1, 0.15) is 6.29 Å². The Labute approximate surface area is 61.8 Å². The average molecular weight is 136 g/mol. The summed E-state index contributed by atoms with van der Waals surface area (Å²) >= 11 is 0. The minimum Gasteiger partial charge on any atom is -0.298 e. The molecule has 1 nitrogen and oxygen atoms in total. The number of hydrogen-bond acceptors (Lipinski definition) is 1. The van der Waals surface area contributed by atoms with Gasteiger partial charge in [0.25, 0.3) is 0 Å². The first-order valence-corrected chi connectivity index (χ1v) is 3.19. The predicted octanol–water partition coefficient (Wildman–Crippen LogP) is 2.26. The molecule has 0 unspecified atom stereocenters. The maximum absolute atomic E-state index is 10.3. The van der Waals surface area contributed by atoms with Crippen LogP contribution in [0, 0.1) is 0 Å². The number of carbonyl (C=O) groups excluding carboxylic acids is 1. The van der Waals surface area contributed by atoms with E-state index in [1.165, 1.54) is 0 Å². The molecule has 0 spiro atoms. The number of carbonyl (C=O) groups is 1. The van der Waals surface area contributed by atoms with Gasteiger partial charge in [-0.1, -0.05) is 24.8 Å². The highest BCUT2D eigenvalue weighted by Crippen LogP contribution is 2.05. The first-order valence-electron chi connectivity index (χ1n) is 3.19. The molecule has 0 rings (SSSR count). The molecule has 0 atom stereocenters. The van der Waals surface area contributed by atoms with Crippen LogP contribution in [0.2, 0.25) is 0 Å². The number of aldehydes is 1. The molecule has 10 heavy (non-hydrogen) atoms. The van der Waals surface area contributed by atoms with E-state index in [4.69, 9.17) is 0 Å². The van der Waals surface area contributed by atoms with E-state index < -0.39 is 0 Å². The van der Waals surface area contributed by atoms with Crippen LogP contribution in [-0.4, -0.2) is 6.29 Å². The van der Waals surface area contributed by atoms with E-state index >= 15 is 0 Å². The minimum absolute atomic E-state index is 0.651. The van der Waals surface area contributed by atoms with Crippen molar-refractivity contribution in [3.63, 3.8) is 0 Å². The zero-order valence-electron chi connectivity index (χ0n) is 6.42. The van der Waals surface area contributed by atoms with Crippen LogP contribution in [0.3, 0.4) is 0 Å². The topological polar surface area (TPSA) is 17.1 Å². The Morgan fingerprint density at radius 3 is 2.30 bits per heavy atom. The second-order valence-corrected chi connectivity index (χ2v) is 1.89. The molecule has 0 N–H and O–H groups in total. The molecule has 0 aliphatic heterocycles. The average Bonchev–Trinajstić information content (AvgIpc) is 1.91. The highest BCUT2D eigenvalue weighted by molar-refractivity contribution is 5.81. The van der Waals surface area contributed by atoms with E-state index in [0.29, 0.717) is 5.57 Å². The van der Waals surface area contributed by atoms with Gasteiger partial charge < -0.3 is 0 Å². The van der Waals surface area contributed by atoms with Gasteiger partial charge in [0, 0.05) is 5.57 Å². The molecular formula is C9H12O. The number of allylic oxidation sites excluding steroid dienone is 5. The molecular weight excluding hydrogens is 124 g/mol. The van der Waals surface area contributed by atoms with Gasteiger partial charge in [-0.25, -0.2) is 0 Å². The Balaban J connectivity index is 4.32. The summed E-state index contributed by atoms with van der Waals surface area (Å²) in [6.45, 7) is 7.41. The third kappa shape index (κ3) is 2.44. The molecule has 0 amide bonds. The Bertz CT molecular complexity index is 185. The summed E-state index contributed by atoms with van der Waals surface area (Å²) in [7, 11) is 0. The summed E-state index contributed by atoms with van der Waals surface area (Å²) in [5, 5.41) is 0. The second-order valence-electron chi connectivity index (χ2n) is 1.89. The highest BCUT2D eigenvalue weighted by atomic mass is 16.1. The summed E-state index contributed by atoms with van der Waals surface area (Å²) in [5.74, 6) is 0. The zero-order valence-corrected chi connectivity index (χ0v) is 6.42. The first-order chi connectivity index (χ1) is 4.76. The van der Waals surface area contributed by atoms with Crippen molar-refractivity contribution in [2.24, 2.45) is 0 Å². The lowest BCUT2D eigenvalue weighted by Crippen LogP contribution is -1.84. The van der Waals surface area contributed by atoms with Crippen LogP contribution < -0.4 is 0 Å². The summed E-state index contributed by atoms with van der Waals surface area (Å²) in [6.07, 6.45) is 6.22. The monoisotopic (exact) mass is 136 g/mol.